The summed E-state index contributed by atoms with van der Waals surface area (Å²) in [5.74, 6) is 0.842. The quantitative estimate of drug-likeness (QED) is 0.877. The highest BCUT2D eigenvalue weighted by Gasteiger charge is 2.25. The third kappa shape index (κ3) is 2.84. The lowest BCUT2D eigenvalue weighted by Crippen LogP contribution is -2.45. The number of aryl methyl sites for hydroxylation is 1. The molecule has 2 nitrogen and oxygen atoms in total. The normalized spacial score (nSPS) is 27.2. The summed E-state index contributed by atoms with van der Waals surface area (Å²) in [6.07, 6.45) is 2.59. The van der Waals surface area contributed by atoms with Crippen molar-refractivity contribution in [3.8, 4) is 0 Å². The highest BCUT2D eigenvalue weighted by molar-refractivity contribution is 7.11. The zero-order chi connectivity index (χ0) is 11.5. The summed E-state index contributed by atoms with van der Waals surface area (Å²) in [7, 11) is 0. The maximum Gasteiger partial charge on any atom is 0.0331 e. The minimum Gasteiger partial charge on any atom is -0.329 e. The Morgan fingerprint density at radius 2 is 2.31 bits per heavy atom. The zero-order valence-electron chi connectivity index (χ0n) is 10.3. The van der Waals surface area contributed by atoms with Crippen LogP contribution in [0.3, 0.4) is 0 Å². The Labute approximate surface area is 102 Å². The molecule has 0 aliphatic carbocycles. The van der Waals surface area contributed by atoms with Gasteiger partial charge in [0.05, 0.1) is 0 Å². The van der Waals surface area contributed by atoms with Crippen molar-refractivity contribution >= 4 is 11.3 Å². The summed E-state index contributed by atoms with van der Waals surface area (Å²) in [5.41, 5.74) is 5.88. The summed E-state index contributed by atoms with van der Waals surface area (Å²) < 4.78 is 0. The molecule has 0 bridgehead atoms. The molecule has 2 atom stereocenters. The lowest BCUT2D eigenvalue weighted by Gasteiger charge is -2.37. The first-order chi connectivity index (χ1) is 7.69. The summed E-state index contributed by atoms with van der Waals surface area (Å²) in [6, 6.07) is 5.06. The maximum atomic E-state index is 5.88. The van der Waals surface area contributed by atoms with Crippen molar-refractivity contribution in [2.45, 2.75) is 39.3 Å². The van der Waals surface area contributed by atoms with Gasteiger partial charge in [-0.3, -0.25) is 4.90 Å². The van der Waals surface area contributed by atoms with Gasteiger partial charge in [0.25, 0.3) is 0 Å². The van der Waals surface area contributed by atoms with Crippen LogP contribution in [0.4, 0.5) is 0 Å². The number of hydrogen-bond acceptors (Lipinski definition) is 3. The van der Waals surface area contributed by atoms with Crippen LogP contribution in [0.15, 0.2) is 12.1 Å². The molecular formula is C13H22N2S. The van der Waals surface area contributed by atoms with Crippen LogP contribution in [0.5, 0.6) is 0 Å². The van der Waals surface area contributed by atoms with Gasteiger partial charge in [0.1, 0.15) is 0 Å². The van der Waals surface area contributed by atoms with Gasteiger partial charge in [0.2, 0.25) is 0 Å². The molecule has 2 N–H and O–H groups in total. The van der Waals surface area contributed by atoms with Gasteiger partial charge in [0.15, 0.2) is 0 Å². The van der Waals surface area contributed by atoms with Gasteiger partial charge in [-0.2, -0.15) is 0 Å². The molecule has 0 amide bonds. The molecule has 1 aliphatic rings. The van der Waals surface area contributed by atoms with Crippen LogP contribution in [-0.2, 0) is 6.54 Å². The molecule has 16 heavy (non-hydrogen) atoms. The Morgan fingerprint density at radius 3 is 2.94 bits per heavy atom. The maximum absolute atomic E-state index is 5.88. The van der Waals surface area contributed by atoms with Crippen molar-refractivity contribution in [2.24, 2.45) is 11.7 Å². The van der Waals surface area contributed by atoms with Gasteiger partial charge in [-0.1, -0.05) is 6.92 Å². The van der Waals surface area contributed by atoms with E-state index in [1.165, 1.54) is 29.1 Å². The van der Waals surface area contributed by atoms with Gasteiger partial charge in [-0.15, -0.1) is 11.3 Å². The fourth-order valence-corrected chi connectivity index (χ4v) is 3.44. The molecule has 1 aliphatic heterocycles. The Morgan fingerprint density at radius 1 is 1.50 bits per heavy atom. The molecule has 0 aromatic carbocycles. The van der Waals surface area contributed by atoms with E-state index in [4.69, 9.17) is 5.73 Å². The summed E-state index contributed by atoms with van der Waals surface area (Å²) >= 11 is 1.91. The van der Waals surface area contributed by atoms with Crippen LogP contribution >= 0.6 is 11.3 Å². The molecule has 0 saturated carbocycles. The van der Waals surface area contributed by atoms with Crippen molar-refractivity contribution in [1.82, 2.24) is 4.90 Å². The molecule has 1 aromatic rings. The minimum absolute atomic E-state index is 0.589. The van der Waals surface area contributed by atoms with E-state index in [-0.39, 0.29) is 0 Å². The Kier molecular flexibility index (Phi) is 4.00. The van der Waals surface area contributed by atoms with Gasteiger partial charge < -0.3 is 5.73 Å². The standard InChI is InChI=1S/C13H22N2S/c1-10-5-6-15(12(7-10)8-14)9-13-4-3-11(2)16-13/h3-4,10,12H,5-9,14H2,1-2H3. The highest BCUT2D eigenvalue weighted by Crippen LogP contribution is 2.25. The second-order valence-corrected chi connectivity index (χ2v) is 6.37. The number of likely N-dealkylation sites (tertiary alicyclic amines) is 1. The second kappa shape index (κ2) is 5.30. The van der Waals surface area contributed by atoms with Crippen molar-refractivity contribution < 1.29 is 0 Å². The molecule has 0 spiro atoms. The van der Waals surface area contributed by atoms with E-state index >= 15 is 0 Å². The Bertz CT molecular complexity index is 334. The number of thiophene rings is 1. The Balaban J connectivity index is 1.97. The SMILES string of the molecule is Cc1ccc(CN2CCC(C)CC2CN)s1. The zero-order valence-corrected chi connectivity index (χ0v) is 11.1. The molecule has 2 unspecified atom stereocenters. The third-order valence-corrected chi connectivity index (χ3v) is 4.51. The van der Waals surface area contributed by atoms with Crippen molar-refractivity contribution in [2.75, 3.05) is 13.1 Å². The first-order valence-corrected chi connectivity index (χ1v) is 7.00. The molecule has 90 valence electrons. The van der Waals surface area contributed by atoms with Crippen LogP contribution < -0.4 is 5.73 Å². The van der Waals surface area contributed by atoms with Crippen molar-refractivity contribution in [3.05, 3.63) is 21.9 Å². The molecule has 3 heteroatoms. The fourth-order valence-electron chi connectivity index (χ4n) is 2.52. The number of piperidine rings is 1. The molecule has 2 heterocycles. The lowest BCUT2D eigenvalue weighted by atomic mass is 9.92. The van der Waals surface area contributed by atoms with Crippen LogP contribution in [0.2, 0.25) is 0 Å². The Hall–Kier alpha value is -0.380. The molecule has 1 saturated heterocycles. The smallest absolute Gasteiger partial charge is 0.0331 e. The second-order valence-electron chi connectivity index (χ2n) is 5.00. The lowest BCUT2D eigenvalue weighted by molar-refractivity contribution is 0.116. The molecule has 1 fully saturated rings. The highest BCUT2D eigenvalue weighted by atomic mass is 32.1. The topological polar surface area (TPSA) is 29.3 Å². The fraction of sp³-hybridized carbons (Fsp3) is 0.692. The van der Waals surface area contributed by atoms with E-state index in [1.54, 1.807) is 0 Å². The van der Waals surface area contributed by atoms with E-state index in [0.29, 0.717) is 6.04 Å². The minimum atomic E-state index is 0.589. The van der Waals surface area contributed by atoms with E-state index in [1.807, 2.05) is 11.3 Å². The summed E-state index contributed by atoms with van der Waals surface area (Å²) in [6.45, 7) is 7.62. The van der Waals surface area contributed by atoms with Gasteiger partial charge in [0, 0.05) is 28.9 Å². The van der Waals surface area contributed by atoms with Gasteiger partial charge >= 0.3 is 0 Å². The van der Waals surface area contributed by atoms with Crippen LogP contribution in [0.1, 0.15) is 29.5 Å². The monoisotopic (exact) mass is 238 g/mol. The largest absolute Gasteiger partial charge is 0.329 e. The van der Waals surface area contributed by atoms with Crippen molar-refractivity contribution in [1.29, 1.82) is 0 Å². The van der Waals surface area contributed by atoms with Crippen LogP contribution in [0, 0.1) is 12.8 Å². The van der Waals surface area contributed by atoms with E-state index in [0.717, 1.165) is 19.0 Å². The molecule has 0 radical (unpaired) electrons. The predicted octanol–water partition coefficient (Wildman–Crippen LogP) is 2.62. The molecular weight excluding hydrogens is 216 g/mol. The summed E-state index contributed by atoms with van der Waals surface area (Å²) in [4.78, 5) is 5.45. The van der Waals surface area contributed by atoms with E-state index < -0.39 is 0 Å². The van der Waals surface area contributed by atoms with Gasteiger partial charge in [-0.05, 0) is 44.4 Å². The first kappa shape index (κ1) is 12.1. The van der Waals surface area contributed by atoms with Crippen LogP contribution in [0.25, 0.3) is 0 Å². The first-order valence-electron chi connectivity index (χ1n) is 6.18. The summed E-state index contributed by atoms with van der Waals surface area (Å²) in [5, 5.41) is 0. The number of rotatable bonds is 3. The number of nitrogens with zero attached hydrogens (tertiary/aromatic N) is 1. The van der Waals surface area contributed by atoms with E-state index in [2.05, 4.69) is 30.9 Å². The molecule has 2 rings (SSSR count). The average molecular weight is 238 g/mol. The van der Waals surface area contributed by atoms with Gasteiger partial charge in [-0.25, -0.2) is 0 Å². The van der Waals surface area contributed by atoms with E-state index in [9.17, 15) is 0 Å². The molecule has 1 aromatic heterocycles. The number of hydrogen-bond donors (Lipinski definition) is 1. The van der Waals surface area contributed by atoms with Crippen molar-refractivity contribution in [3.63, 3.8) is 0 Å². The average Bonchev–Trinajstić information content (AvgIpc) is 2.67. The third-order valence-electron chi connectivity index (χ3n) is 3.53. The predicted molar refractivity (Wildman–Crippen MR) is 70.7 cm³/mol. The number of nitrogens with two attached hydrogens (primary N) is 1. The van der Waals surface area contributed by atoms with Crippen LogP contribution in [-0.4, -0.2) is 24.0 Å².